The van der Waals surface area contributed by atoms with Crippen molar-refractivity contribution in [1.29, 1.82) is 0 Å². The van der Waals surface area contributed by atoms with Gasteiger partial charge in [0.25, 0.3) is 0 Å². The van der Waals surface area contributed by atoms with E-state index in [0.717, 1.165) is 12.1 Å². The highest BCUT2D eigenvalue weighted by Crippen LogP contribution is 2.21. The minimum Gasteiger partial charge on any atom is -0.479 e. The Morgan fingerprint density at radius 1 is 1.04 bits per heavy atom. The molecule has 0 heterocycles. The van der Waals surface area contributed by atoms with Crippen molar-refractivity contribution in [3.8, 4) is 0 Å². The summed E-state index contributed by atoms with van der Waals surface area (Å²) in [5.41, 5.74) is -2.00. The van der Waals surface area contributed by atoms with Crippen LogP contribution >= 0.6 is 0 Å². The van der Waals surface area contributed by atoms with Crippen LogP contribution in [0, 0.1) is 5.82 Å². The van der Waals surface area contributed by atoms with E-state index in [1.54, 1.807) is 41.5 Å². The average molecular weight is 369 g/mol. The van der Waals surface area contributed by atoms with Crippen molar-refractivity contribution >= 4 is 18.0 Å². The second kappa shape index (κ2) is 7.72. The van der Waals surface area contributed by atoms with Crippen molar-refractivity contribution < 1.29 is 33.4 Å². The summed E-state index contributed by atoms with van der Waals surface area (Å²) in [6, 6.07) is 1.69. The molecule has 0 spiro atoms. The Balaban J connectivity index is 3.04. The molecule has 0 fully saturated rings. The standard InChI is InChI=1S/C18H24FNO6/c1-17(2,3)25-15(23)11-8-7-10(9-12(11)19)13(14(21)22)20-16(24)26-18(4,5)6/h7-9,13H,1-6H3,(H,20,24)(H,21,22). The van der Waals surface area contributed by atoms with Gasteiger partial charge in [-0.1, -0.05) is 6.07 Å². The maximum absolute atomic E-state index is 14.3. The minimum atomic E-state index is -1.54. The van der Waals surface area contributed by atoms with Gasteiger partial charge in [-0.3, -0.25) is 0 Å². The summed E-state index contributed by atoms with van der Waals surface area (Å²) in [5.74, 6) is -3.22. The molecule has 0 aromatic heterocycles. The number of carboxylic acid groups (broad SMARTS) is 1. The van der Waals surface area contributed by atoms with E-state index in [4.69, 9.17) is 9.47 Å². The van der Waals surface area contributed by atoms with Crippen molar-refractivity contribution in [2.75, 3.05) is 0 Å². The Morgan fingerprint density at radius 2 is 1.58 bits per heavy atom. The number of hydrogen-bond acceptors (Lipinski definition) is 5. The van der Waals surface area contributed by atoms with Crippen LogP contribution in [0.1, 0.15) is 63.5 Å². The number of alkyl carbamates (subject to hydrolysis) is 1. The summed E-state index contributed by atoms with van der Waals surface area (Å²) in [6.07, 6.45) is -0.957. The average Bonchev–Trinajstić information content (AvgIpc) is 2.40. The number of ether oxygens (including phenoxy) is 2. The van der Waals surface area contributed by atoms with Gasteiger partial charge in [-0.05, 0) is 59.2 Å². The molecular formula is C18H24FNO6. The van der Waals surface area contributed by atoms with Crippen LogP contribution in [0.25, 0.3) is 0 Å². The molecule has 144 valence electrons. The second-order valence-electron chi connectivity index (χ2n) is 7.66. The summed E-state index contributed by atoms with van der Waals surface area (Å²) >= 11 is 0. The van der Waals surface area contributed by atoms with Gasteiger partial charge in [-0.25, -0.2) is 18.8 Å². The fraction of sp³-hybridized carbons (Fsp3) is 0.500. The van der Waals surface area contributed by atoms with Crippen LogP contribution in [0.2, 0.25) is 0 Å². The van der Waals surface area contributed by atoms with Crippen LogP contribution in [0.5, 0.6) is 0 Å². The Hall–Kier alpha value is -2.64. The van der Waals surface area contributed by atoms with Gasteiger partial charge in [-0.15, -0.1) is 0 Å². The number of carbonyl (C=O) groups excluding carboxylic acids is 2. The molecule has 1 unspecified atom stereocenters. The maximum atomic E-state index is 14.3. The van der Waals surface area contributed by atoms with Gasteiger partial charge >= 0.3 is 18.0 Å². The van der Waals surface area contributed by atoms with Crippen molar-refractivity contribution in [3.63, 3.8) is 0 Å². The van der Waals surface area contributed by atoms with E-state index < -0.39 is 41.1 Å². The number of carboxylic acids is 1. The second-order valence-corrected chi connectivity index (χ2v) is 7.66. The van der Waals surface area contributed by atoms with Gasteiger partial charge < -0.3 is 19.9 Å². The number of esters is 1. The van der Waals surface area contributed by atoms with Crippen LogP contribution in [0.4, 0.5) is 9.18 Å². The predicted molar refractivity (Wildman–Crippen MR) is 91.3 cm³/mol. The molecule has 0 saturated heterocycles. The molecule has 1 amide bonds. The molecular weight excluding hydrogens is 345 g/mol. The van der Waals surface area contributed by atoms with Crippen LogP contribution in [0.15, 0.2) is 18.2 Å². The number of halogens is 1. The van der Waals surface area contributed by atoms with E-state index in [1.807, 2.05) is 0 Å². The Labute approximate surface area is 151 Å². The first kappa shape index (κ1) is 21.4. The molecule has 8 heteroatoms. The van der Waals surface area contributed by atoms with Crippen LogP contribution in [0.3, 0.4) is 0 Å². The molecule has 2 N–H and O–H groups in total. The lowest BCUT2D eigenvalue weighted by Gasteiger charge is -2.22. The van der Waals surface area contributed by atoms with E-state index in [9.17, 15) is 23.9 Å². The zero-order valence-electron chi connectivity index (χ0n) is 15.7. The van der Waals surface area contributed by atoms with E-state index in [-0.39, 0.29) is 11.1 Å². The monoisotopic (exact) mass is 369 g/mol. The van der Waals surface area contributed by atoms with Crippen LogP contribution < -0.4 is 5.32 Å². The van der Waals surface area contributed by atoms with Gasteiger partial charge in [0, 0.05) is 0 Å². The quantitative estimate of drug-likeness (QED) is 0.789. The fourth-order valence-electron chi connectivity index (χ4n) is 1.92. The Kier molecular flexibility index (Phi) is 6.35. The van der Waals surface area contributed by atoms with Crippen molar-refractivity contribution in [2.45, 2.75) is 58.8 Å². The topological polar surface area (TPSA) is 102 Å². The third kappa shape index (κ3) is 6.70. The zero-order chi connectivity index (χ0) is 20.3. The maximum Gasteiger partial charge on any atom is 0.408 e. The van der Waals surface area contributed by atoms with Gasteiger partial charge in [-0.2, -0.15) is 0 Å². The largest absolute Gasteiger partial charge is 0.479 e. The number of amides is 1. The highest BCUT2D eigenvalue weighted by atomic mass is 19.1. The van der Waals surface area contributed by atoms with Gasteiger partial charge in [0.15, 0.2) is 6.04 Å². The molecule has 0 aliphatic heterocycles. The summed E-state index contributed by atoms with van der Waals surface area (Å²) in [7, 11) is 0. The first-order valence-electron chi connectivity index (χ1n) is 7.95. The number of carbonyl (C=O) groups is 3. The minimum absolute atomic E-state index is 0.0480. The van der Waals surface area contributed by atoms with Gasteiger partial charge in [0.1, 0.15) is 17.0 Å². The molecule has 26 heavy (non-hydrogen) atoms. The third-order valence-corrected chi connectivity index (χ3v) is 2.85. The number of benzene rings is 1. The van der Waals surface area contributed by atoms with E-state index >= 15 is 0 Å². The zero-order valence-corrected chi connectivity index (χ0v) is 15.7. The molecule has 7 nitrogen and oxygen atoms in total. The summed E-state index contributed by atoms with van der Waals surface area (Å²) in [5, 5.41) is 11.5. The first-order valence-corrected chi connectivity index (χ1v) is 7.95. The fourth-order valence-corrected chi connectivity index (χ4v) is 1.92. The molecule has 0 aliphatic carbocycles. The molecule has 1 aromatic carbocycles. The molecule has 1 aromatic rings. The Bertz CT molecular complexity index is 703. The third-order valence-electron chi connectivity index (χ3n) is 2.85. The molecule has 0 aliphatic rings. The normalized spacial score (nSPS) is 12.9. The van der Waals surface area contributed by atoms with Crippen LogP contribution in [-0.4, -0.2) is 34.3 Å². The summed E-state index contributed by atoms with van der Waals surface area (Å²) < 4.78 is 24.4. The predicted octanol–water partition coefficient (Wildman–Crippen LogP) is 3.43. The molecule has 1 rings (SSSR count). The lowest BCUT2D eigenvalue weighted by Crippen LogP contribution is -2.38. The van der Waals surface area contributed by atoms with E-state index in [1.165, 1.54) is 6.07 Å². The highest BCUT2D eigenvalue weighted by molar-refractivity contribution is 5.90. The van der Waals surface area contributed by atoms with Crippen molar-refractivity contribution in [2.24, 2.45) is 0 Å². The number of nitrogens with one attached hydrogen (secondary N) is 1. The van der Waals surface area contributed by atoms with Crippen LogP contribution in [-0.2, 0) is 14.3 Å². The summed E-state index contributed by atoms with van der Waals surface area (Å²) in [4.78, 5) is 35.2. The summed E-state index contributed by atoms with van der Waals surface area (Å²) in [6.45, 7) is 9.79. The van der Waals surface area contributed by atoms with Crippen molar-refractivity contribution in [3.05, 3.63) is 35.1 Å². The van der Waals surface area contributed by atoms with Gasteiger partial charge in [0.2, 0.25) is 0 Å². The van der Waals surface area contributed by atoms with E-state index in [2.05, 4.69) is 5.32 Å². The Morgan fingerprint density at radius 3 is 2.00 bits per heavy atom. The smallest absolute Gasteiger partial charge is 0.408 e. The molecule has 0 saturated carbocycles. The first-order chi connectivity index (χ1) is 11.7. The molecule has 0 bridgehead atoms. The molecule has 0 radical (unpaired) electrons. The van der Waals surface area contributed by atoms with Gasteiger partial charge in [0.05, 0.1) is 5.56 Å². The lowest BCUT2D eigenvalue weighted by atomic mass is 10.0. The van der Waals surface area contributed by atoms with E-state index in [0.29, 0.717) is 0 Å². The van der Waals surface area contributed by atoms with Crippen molar-refractivity contribution in [1.82, 2.24) is 5.32 Å². The number of hydrogen-bond donors (Lipinski definition) is 2. The lowest BCUT2D eigenvalue weighted by molar-refractivity contribution is -0.139. The number of aliphatic carboxylic acids is 1. The highest BCUT2D eigenvalue weighted by Gasteiger charge is 2.27. The number of rotatable bonds is 4. The molecule has 1 atom stereocenters. The SMILES string of the molecule is CC(C)(C)OC(=O)NC(C(=O)O)c1ccc(C(=O)OC(C)(C)C)c(F)c1.